The van der Waals surface area contributed by atoms with Crippen LogP contribution in [0.1, 0.15) is 15.9 Å². The number of aromatic nitrogens is 1. The van der Waals surface area contributed by atoms with E-state index < -0.39 is 0 Å². The van der Waals surface area contributed by atoms with Gasteiger partial charge in [-0.2, -0.15) is 0 Å². The van der Waals surface area contributed by atoms with E-state index >= 15 is 0 Å². The van der Waals surface area contributed by atoms with Crippen molar-refractivity contribution in [1.29, 1.82) is 0 Å². The van der Waals surface area contributed by atoms with Crippen LogP contribution in [-0.4, -0.2) is 43.1 Å². The number of methoxy groups -OCH3 is 1. The Bertz CT molecular complexity index is 1330. The molecule has 1 unspecified atom stereocenters. The fourth-order valence-electron chi connectivity index (χ4n) is 4.29. The second-order valence-corrected chi connectivity index (χ2v) is 8.31. The Kier molecular flexibility index (Phi) is 6.10. The monoisotopic (exact) mass is 458 g/mol. The zero-order valence-electron chi connectivity index (χ0n) is 18.8. The van der Waals surface area contributed by atoms with Crippen LogP contribution < -0.4 is 19.5 Å². The van der Waals surface area contributed by atoms with Crippen molar-refractivity contribution < 1.29 is 24.1 Å². The Morgan fingerprint density at radius 3 is 2.74 bits per heavy atom. The lowest BCUT2D eigenvalue weighted by Crippen LogP contribution is -2.32. The van der Waals surface area contributed by atoms with Crippen molar-refractivity contribution in [2.45, 2.75) is 6.42 Å². The molecule has 0 saturated heterocycles. The molecule has 34 heavy (non-hydrogen) atoms. The van der Waals surface area contributed by atoms with Crippen LogP contribution >= 0.6 is 0 Å². The molecular formula is C27H26N2O5. The fraction of sp³-hybridized carbons (Fsp3) is 0.222. The summed E-state index contributed by atoms with van der Waals surface area (Å²) in [7, 11) is 1.54. The minimum absolute atomic E-state index is 0.0336. The predicted octanol–water partition coefficient (Wildman–Crippen LogP) is 4.15. The van der Waals surface area contributed by atoms with Gasteiger partial charge >= 0.3 is 0 Å². The van der Waals surface area contributed by atoms with Gasteiger partial charge in [0.05, 0.1) is 12.7 Å². The number of ether oxygens (including phenoxy) is 3. The quantitative estimate of drug-likeness (QED) is 0.369. The van der Waals surface area contributed by atoms with E-state index in [2.05, 4.69) is 16.4 Å². The highest BCUT2D eigenvalue weighted by molar-refractivity contribution is 5.98. The number of amides is 1. The summed E-state index contributed by atoms with van der Waals surface area (Å²) >= 11 is 0. The second kappa shape index (κ2) is 9.49. The summed E-state index contributed by atoms with van der Waals surface area (Å²) in [5, 5.41) is 14.0. The summed E-state index contributed by atoms with van der Waals surface area (Å²) in [4.78, 5) is 16.4. The Hall–Kier alpha value is -3.97. The SMILES string of the molecule is COc1ccc(-c2ccc3c(c2)OCO3)cc1C(=O)NCC(CO)Cc1c[nH]c2ccccc12. The minimum atomic E-state index is -0.253. The highest BCUT2D eigenvalue weighted by Crippen LogP contribution is 2.37. The smallest absolute Gasteiger partial charge is 0.255 e. The lowest BCUT2D eigenvalue weighted by molar-refractivity contribution is 0.0937. The van der Waals surface area contributed by atoms with Gasteiger partial charge in [0.2, 0.25) is 6.79 Å². The molecule has 0 aliphatic carbocycles. The number of benzene rings is 3. The maximum absolute atomic E-state index is 13.1. The maximum atomic E-state index is 13.1. The zero-order valence-corrected chi connectivity index (χ0v) is 18.8. The normalized spacial score (nSPS) is 13.1. The van der Waals surface area contributed by atoms with Gasteiger partial charge in [0.15, 0.2) is 11.5 Å². The van der Waals surface area contributed by atoms with Crippen LogP contribution in [0.3, 0.4) is 0 Å². The van der Waals surface area contributed by atoms with Gasteiger partial charge in [-0.05, 0) is 53.4 Å². The molecule has 3 aromatic carbocycles. The molecule has 1 aliphatic rings. The van der Waals surface area contributed by atoms with Crippen LogP contribution in [0.15, 0.2) is 66.9 Å². The Morgan fingerprint density at radius 1 is 1.09 bits per heavy atom. The molecule has 7 heteroatoms. The molecule has 0 fully saturated rings. The lowest BCUT2D eigenvalue weighted by atomic mass is 9.99. The number of carbonyl (C=O) groups excluding carboxylic acids is 1. The zero-order chi connectivity index (χ0) is 23.5. The van der Waals surface area contributed by atoms with Crippen molar-refractivity contribution in [3.05, 3.63) is 78.0 Å². The summed E-state index contributed by atoms with van der Waals surface area (Å²) in [5.41, 5.74) is 4.38. The Labute approximate surface area is 197 Å². The van der Waals surface area contributed by atoms with E-state index in [4.69, 9.17) is 14.2 Å². The number of hydrogen-bond donors (Lipinski definition) is 3. The average Bonchev–Trinajstić information content (AvgIpc) is 3.52. The lowest BCUT2D eigenvalue weighted by Gasteiger charge is -2.16. The fourth-order valence-corrected chi connectivity index (χ4v) is 4.29. The van der Waals surface area contributed by atoms with E-state index in [0.717, 1.165) is 27.6 Å². The number of hydrogen-bond acceptors (Lipinski definition) is 5. The van der Waals surface area contributed by atoms with Gasteiger partial charge in [0.25, 0.3) is 5.91 Å². The van der Waals surface area contributed by atoms with E-state index in [-0.39, 0.29) is 25.2 Å². The first-order valence-electron chi connectivity index (χ1n) is 11.2. The summed E-state index contributed by atoms with van der Waals surface area (Å²) in [6, 6.07) is 19.2. The first kappa shape index (κ1) is 21.9. The van der Waals surface area contributed by atoms with Gasteiger partial charge in [-0.25, -0.2) is 0 Å². The second-order valence-electron chi connectivity index (χ2n) is 8.31. The van der Waals surface area contributed by atoms with Gasteiger partial charge in [-0.3, -0.25) is 4.79 Å². The molecule has 0 bridgehead atoms. The van der Waals surface area contributed by atoms with Gasteiger partial charge < -0.3 is 29.6 Å². The van der Waals surface area contributed by atoms with Crippen LogP contribution in [0, 0.1) is 5.92 Å². The van der Waals surface area contributed by atoms with Gasteiger partial charge in [0.1, 0.15) is 5.75 Å². The largest absolute Gasteiger partial charge is 0.496 e. The number of rotatable bonds is 8. The van der Waals surface area contributed by atoms with Crippen LogP contribution in [-0.2, 0) is 6.42 Å². The van der Waals surface area contributed by atoms with Crippen molar-refractivity contribution in [2.75, 3.05) is 27.1 Å². The van der Waals surface area contributed by atoms with E-state index in [1.54, 1.807) is 19.2 Å². The molecule has 4 aromatic rings. The molecule has 2 heterocycles. The van der Waals surface area contributed by atoms with Gasteiger partial charge in [0, 0.05) is 36.2 Å². The topological polar surface area (TPSA) is 92.8 Å². The molecule has 1 aliphatic heterocycles. The molecule has 174 valence electrons. The van der Waals surface area contributed by atoms with E-state index in [1.165, 1.54) is 0 Å². The molecule has 1 amide bonds. The molecule has 1 aromatic heterocycles. The molecule has 7 nitrogen and oxygen atoms in total. The van der Waals surface area contributed by atoms with Crippen LogP contribution in [0.4, 0.5) is 0 Å². The van der Waals surface area contributed by atoms with Crippen molar-refractivity contribution in [3.8, 4) is 28.4 Å². The first-order chi connectivity index (χ1) is 16.7. The predicted molar refractivity (Wildman–Crippen MR) is 129 cm³/mol. The standard InChI is InChI=1S/C27H26N2O5/c1-32-24-8-6-18(19-7-9-25-26(12-19)34-16-33-25)11-22(24)27(31)29-13-17(15-30)10-20-14-28-23-5-3-2-4-21(20)23/h2-9,11-12,14,17,28,30H,10,13,15-16H2,1H3,(H,29,31). The third-order valence-corrected chi connectivity index (χ3v) is 6.14. The van der Waals surface area contributed by atoms with E-state index in [9.17, 15) is 9.90 Å². The molecule has 0 saturated carbocycles. The Balaban J connectivity index is 1.31. The van der Waals surface area contributed by atoms with Crippen molar-refractivity contribution in [2.24, 2.45) is 5.92 Å². The van der Waals surface area contributed by atoms with Crippen molar-refractivity contribution >= 4 is 16.8 Å². The van der Waals surface area contributed by atoms with Crippen LogP contribution in [0.25, 0.3) is 22.0 Å². The molecule has 5 rings (SSSR count). The maximum Gasteiger partial charge on any atom is 0.255 e. The van der Waals surface area contributed by atoms with Crippen molar-refractivity contribution in [3.63, 3.8) is 0 Å². The van der Waals surface area contributed by atoms with Gasteiger partial charge in [-0.1, -0.05) is 30.3 Å². The third kappa shape index (κ3) is 4.30. The summed E-state index contributed by atoms with van der Waals surface area (Å²) in [5.74, 6) is 1.50. The number of nitrogens with one attached hydrogen (secondary N) is 2. The first-order valence-corrected chi connectivity index (χ1v) is 11.2. The average molecular weight is 459 g/mol. The minimum Gasteiger partial charge on any atom is -0.496 e. The Morgan fingerprint density at radius 2 is 1.88 bits per heavy atom. The molecular weight excluding hydrogens is 432 g/mol. The summed E-state index contributed by atoms with van der Waals surface area (Å²) in [6.07, 6.45) is 2.61. The van der Waals surface area contributed by atoms with E-state index in [1.807, 2.05) is 48.7 Å². The highest BCUT2D eigenvalue weighted by atomic mass is 16.7. The molecule has 3 N–H and O–H groups in total. The number of aromatic amines is 1. The number of aliphatic hydroxyl groups excluding tert-OH is 1. The molecule has 0 radical (unpaired) electrons. The van der Waals surface area contributed by atoms with E-state index in [0.29, 0.717) is 35.8 Å². The number of carbonyl (C=O) groups is 1. The molecule has 0 spiro atoms. The highest BCUT2D eigenvalue weighted by Gasteiger charge is 2.19. The van der Waals surface area contributed by atoms with Crippen molar-refractivity contribution in [1.82, 2.24) is 10.3 Å². The van der Waals surface area contributed by atoms with Gasteiger partial charge in [-0.15, -0.1) is 0 Å². The number of aliphatic hydroxyl groups is 1. The number of H-pyrrole nitrogens is 1. The van der Waals surface area contributed by atoms with Crippen LogP contribution in [0.2, 0.25) is 0 Å². The number of fused-ring (bicyclic) bond motifs is 2. The summed E-state index contributed by atoms with van der Waals surface area (Å²) < 4.78 is 16.3. The van der Waals surface area contributed by atoms with Crippen LogP contribution in [0.5, 0.6) is 17.2 Å². The third-order valence-electron chi connectivity index (χ3n) is 6.14. The molecule has 1 atom stereocenters. The number of para-hydroxylation sites is 1. The summed E-state index contributed by atoms with van der Waals surface area (Å²) in [6.45, 7) is 0.514.